The van der Waals surface area contributed by atoms with Gasteiger partial charge in [-0.1, -0.05) is 19.1 Å². The molecule has 0 aliphatic carbocycles. The molecule has 3 rings (SSSR count). The number of hydrogen-bond acceptors (Lipinski definition) is 5. The number of para-hydroxylation sites is 1. The van der Waals surface area contributed by atoms with E-state index in [9.17, 15) is 9.90 Å². The number of anilines is 3. The van der Waals surface area contributed by atoms with Gasteiger partial charge in [-0.25, -0.2) is 14.8 Å². The molecule has 0 radical (unpaired) electrons. The lowest BCUT2D eigenvalue weighted by Crippen LogP contribution is -2.34. The molecule has 1 saturated heterocycles. The minimum atomic E-state index is -0.966. The van der Waals surface area contributed by atoms with Crippen LogP contribution >= 0.6 is 0 Å². The molecule has 1 aromatic carbocycles. The highest BCUT2D eigenvalue weighted by molar-refractivity contribution is 5.95. The van der Waals surface area contributed by atoms with Crippen molar-refractivity contribution in [2.45, 2.75) is 19.8 Å². The van der Waals surface area contributed by atoms with Crippen LogP contribution in [0.3, 0.4) is 0 Å². The number of carboxylic acids is 1. The van der Waals surface area contributed by atoms with Crippen LogP contribution in [-0.2, 0) is 0 Å². The summed E-state index contributed by atoms with van der Waals surface area (Å²) in [7, 11) is 0. The van der Waals surface area contributed by atoms with Gasteiger partial charge in [0.25, 0.3) is 0 Å². The molecular formula is C17H20N4O2. The first-order valence-electron chi connectivity index (χ1n) is 7.80. The third-order valence-corrected chi connectivity index (χ3v) is 4.05. The number of nitrogens with zero attached hydrogens (tertiary/aromatic N) is 3. The molecule has 1 fully saturated rings. The minimum Gasteiger partial charge on any atom is -0.478 e. The monoisotopic (exact) mass is 312 g/mol. The maximum Gasteiger partial charge on any atom is 0.337 e. The number of hydrogen-bond donors (Lipinski definition) is 2. The van der Waals surface area contributed by atoms with Crippen LogP contribution in [0.5, 0.6) is 0 Å². The maximum absolute atomic E-state index is 11.3. The summed E-state index contributed by atoms with van der Waals surface area (Å²) in [5, 5.41) is 12.3. The summed E-state index contributed by atoms with van der Waals surface area (Å²) in [5.41, 5.74) is 0.746. The highest BCUT2D eigenvalue weighted by Gasteiger charge is 2.18. The Bertz CT molecular complexity index is 704. The van der Waals surface area contributed by atoms with Crippen LogP contribution in [0, 0.1) is 5.92 Å². The number of piperidine rings is 1. The Morgan fingerprint density at radius 1 is 1.35 bits per heavy atom. The van der Waals surface area contributed by atoms with Gasteiger partial charge >= 0.3 is 5.97 Å². The molecular weight excluding hydrogens is 292 g/mol. The van der Waals surface area contributed by atoms with Gasteiger partial charge < -0.3 is 15.3 Å². The predicted octanol–water partition coefficient (Wildman–Crippen LogP) is 3.15. The molecule has 2 N–H and O–H groups in total. The average Bonchev–Trinajstić information content (AvgIpc) is 2.55. The van der Waals surface area contributed by atoms with Gasteiger partial charge in [-0.15, -0.1) is 0 Å². The van der Waals surface area contributed by atoms with Gasteiger partial charge in [0.1, 0.15) is 18.0 Å². The summed E-state index contributed by atoms with van der Waals surface area (Å²) in [6.45, 7) is 4.23. The van der Waals surface area contributed by atoms with E-state index in [0.29, 0.717) is 17.4 Å². The van der Waals surface area contributed by atoms with Crippen LogP contribution in [0.1, 0.15) is 30.1 Å². The van der Waals surface area contributed by atoms with E-state index < -0.39 is 5.97 Å². The van der Waals surface area contributed by atoms with E-state index in [1.165, 1.54) is 12.7 Å². The van der Waals surface area contributed by atoms with Gasteiger partial charge in [-0.3, -0.25) is 0 Å². The lowest BCUT2D eigenvalue weighted by molar-refractivity contribution is 0.0698. The Balaban J connectivity index is 1.82. The predicted molar refractivity (Wildman–Crippen MR) is 89.3 cm³/mol. The minimum absolute atomic E-state index is 0.222. The quantitative estimate of drug-likeness (QED) is 0.903. The second-order valence-corrected chi connectivity index (χ2v) is 5.93. The number of carboxylic acid groups (broad SMARTS) is 1. The first-order chi connectivity index (χ1) is 11.1. The van der Waals surface area contributed by atoms with Crippen molar-refractivity contribution in [1.29, 1.82) is 0 Å². The van der Waals surface area contributed by atoms with E-state index in [2.05, 4.69) is 27.1 Å². The summed E-state index contributed by atoms with van der Waals surface area (Å²) in [6, 6.07) is 8.67. The Morgan fingerprint density at radius 3 is 2.96 bits per heavy atom. The topological polar surface area (TPSA) is 78.4 Å². The second-order valence-electron chi connectivity index (χ2n) is 5.93. The van der Waals surface area contributed by atoms with Crippen molar-refractivity contribution >= 4 is 23.3 Å². The zero-order chi connectivity index (χ0) is 16.2. The van der Waals surface area contributed by atoms with Crippen molar-refractivity contribution in [3.05, 3.63) is 42.2 Å². The van der Waals surface area contributed by atoms with Crippen LogP contribution in [0.15, 0.2) is 36.7 Å². The second kappa shape index (κ2) is 6.64. The molecule has 1 aliphatic heterocycles. The Hall–Kier alpha value is -2.63. The summed E-state index contributed by atoms with van der Waals surface area (Å²) in [5.74, 6) is 1.17. The SMILES string of the molecule is CC1CCCN(c2cc(Nc3ccccc3C(=O)O)ncn2)C1. The molecule has 6 heteroatoms. The van der Waals surface area contributed by atoms with Crippen LogP contribution in [0.2, 0.25) is 0 Å². The number of benzene rings is 1. The number of rotatable bonds is 4. The Labute approximate surface area is 135 Å². The third-order valence-electron chi connectivity index (χ3n) is 4.05. The van der Waals surface area contributed by atoms with E-state index in [-0.39, 0.29) is 5.56 Å². The number of aromatic carboxylic acids is 1. The molecule has 0 bridgehead atoms. The molecule has 0 amide bonds. The van der Waals surface area contributed by atoms with Gasteiger partial charge in [0, 0.05) is 19.2 Å². The van der Waals surface area contributed by atoms with Gasteiger partial charge in [-0.2, -0.15) is 0 Å². The van der Waals surface area contributed by atoms with Crippen LogP contribution in [-0.4, -0.2) is 34.1 Å². The van der Waals surface area contributed by atoms with Gasteiger partial charge in [-0.05, 0) is 30.9 Å². The fourth-order valence-corrected chi connectivity index (χ4v) is 2.90. The molecule has 1 unspecified atom stereocenters. The van der Waals surface area contributed by atoms with Crippen molar-refractivity contribution in [1.82, 2.24) is 9.97 Å². The van der Waals surface area contributed by atoms with Crippen LogP contribution in [0.4, 0.5) is 17.3 Å². The highest BCUT2D eigenvalue weighted by atomic mass is 16.4. The standard InChI is InChI=1S/C17H20N4O2/c1-12-5-4-8-21(10-12)16-9-15(18-11-19-16)20-14-7-3-2-6-13(14)17(22)23/h2-3,6-7,9,11-12H,4-5,8,10H2,1H3,(H,22,23)(H,18,19,20). The third kappa shape index (κ3) is 3.59. The van der Waals surface area contributed by atoms with Crippen molar-refractivity contribution in [2.75, 3.05) is 23.3 Å². The van der Waals surface area contributed by atoms with Crippen LogP contribution < -0.4 is 10.2 Å². The van der Waals surface area contributed by atoms with Gasteiger partial charge in [0.2, 0.25) is 0 Å². The first-order valence-corrected chi connectivity index (χ1v) is 7.80. The van der Waals surface area contributed by atoms with Crippen molar-refractivity contribution in [2.24, 2.45) is 5.92 Å². The van der Waals surface area contributed by atoms with E-state index in [0.717, 1.165) is 25.3 Å². The smallest absolute Gasteiger partial charge is 0.337 e. The van der Waals surface area contributed by atoms with E-state index >= 15 is 0 Å². The van der Waals surface area contributed by atoms with Gasteiger partial charge in [0.15, 0.2) is 0 Å². The number of nitrogens with one attached hydrogen (secondary N) is 1. The molecule has 1 aliphatic rings. The van der Waals surface area contributed by atoms with E-state index in [4.69, 9.17) is 0 Å². The fraction of sp³-hybridized carbons (Fsp3) is 0.353. The molecule has 1 aromatic heterocycles. The zero-order valence-corrected chi connectivity index (χ0v) is 13.1. The van der Waals surface area contributed by atoms with Crippen molar-refractivity contribution < 1.29 is 9.90 Å². The molecule has 23 heavy (non-hydrogen) atoms. The molecule has 6 nitrogen and oxygen atoms in total. The van der Waals surface area contributed by atoms with Gasteiger partial charge in [0.05, 0.1) is 11.3 Å². The summed E-state index contributed by atoms with van der Waals surface area (Å²) >= 11 is 0. The molecule has 0 spiro atoms. The lowest BCUT2D eigenvalue weighted by atomic mass is 10.0. The average molecular weight is 312 g/mol. The lowest BCUT2D eigenvalue weighted by Gasteiger charge is -2.31. The Kier molecular flexibility index (Phi) is 4.41. The first kappa shape index (κ1) is 15.3. The number of aromatic nitrogens is 2. The molecule has 2 aromatic rings. The highest BCUT2D eigenvalue weighted by Crippen LogP contribution is 2.24. The molecule has 120 valence electrons. The van der Waals surface area contributed by atoms with E-state index in [1.54, 1.807) is 24.3 Å². The molecule has 2 heterocycles. The van der Waals surface area contributed by atoms with Crippen LogP contribution in [0.25, 0.3) is 0 Å². The van der Waals surface area contributed by atoms with Crippen molar-refractivity contribution in [3.8, 4) is 0 Å². The normalized spacial score (nSPS) is 17.8. The summed E-state index contributed by atoms with van der Waals surface area (Å²) < 4.78 is 0. The summed E-state index contributed by atoms with van der Waals surface area (Å²) in [6.07, 6.45) is 3.93. The van der Waals surface area contributed by atoms with Crippen molar-refractivity contribution in [3.63, 3.8) is 0 Å². The van der Waals surface area contributed by atoms with E-state index in [1.807, 2.05) is 6.07 Å². The molecule has 0 saturated carbocycles. The summed E-state index contributed by atoms with van der Waals surface area (Å²) in [4.78, 5) is 22.1. The largest absolute Gasteiger partial charge is 0.478 e. The Morgan fingerprint density at radius 2 is 2.17 bits per heavy atom. The fourth-order valence-electron chi connectivity index (χ4n) is 2.90. The zero-order valence-electron chi connectivity index (χ0n) is 13.1. The molecule has 1 atom stereocenters. The maximum atomic E-state index is 11.3. The number of carbonyl (C=O) groups is 1.